The molecule has 0 rings (SSSR count). The second kappa shape index (κ2) is 17.5. The van der Waals surface area contributed by atoms with E-state index < -0.39 is 28.7 Å². The molecule has 7 N–H and O–H groups in total. The lowest BCUT2D eigenvalue weighted by Gasteiger charge is -2.25. The second-order valence-corrected chi connectivity index (χ2v) is 9.93. The maximum absolute atomic E-state index is 11.2. The molecule has 0 atom stereocenters. The van der Waals surface area contributed by atoms with Crippen molar-refractivity contribution in [3.63, 3.8) is 0 Å². The average Bonchev–Trinajstić information content (AvgIpc) is 2.51. The van der Waals surface area contributed by atoms with Gasteiger partial charge < -0.3 is 41.7 Å². The van der Waals surface area contributed by atoms with Crippen LogP contribution >= 0.6 is 0 Å². The van der Waals surface area contributed by atoms with E-state index in [1.165, 1.54) is 13.8 Å². The van der Waals surface area contributed by atoms with Crippen LogP contribution in [0.15, 0.2) is 0 Å². The van der Waals surface area contributed by atoms with Gasteiger partial charge in [-0.25, -0.2) is 9.59 Å². The van der Waals surface area contributed by atoms with Gasteiger partial charge in [0.05, 0.1) is 5.54 Å². The maximum Gasteiger partial charge on any atom is 0.408 e. The Balaban J connectivity index is -0.000000202. The molecule has 0 aromatic heterocycles. The van der Waals surface area contributed by atoms with E-state index in [9.17, 15) is 14.4 Å². The first-order chi connectivity index (χ1) is 14.2. The number of likely N-dealkylation sites (N-methyl/N-ethyl adjacent to an activating group) is 2. The fourth-order valence-corrected chi connectivity index (χ4v) is 1.49. The molecule has 0 radical (unpaired) electrons. The van der Waals surface area contributed by atoms with Crippen LogP contribution in [0.5, 0.6) is 0 Å². The summed E-state index contributed by atoms with van der Waals surface area (Å²) in [5, 5.41) is 13.7. The van der Waals surface area contributed by atoms with Crippen LogP contribution in [0.25, 0.3) is 0 Å². The van der Waals surface area contributed by atoms with Gasteiger partial charge in [0.1, 0.15) is 11.1 Å². The minimum Gasteiger partial charge on any atom is -0.480 e. The topological polar surface area (TPSA) is 163 Å². The van der Waals surface area contributed by atoms with Gasteiger partial charge in [-0.15, -0.1) is 0 Å². The number of hydrogen-bond donors (Lipinski definition) is 5. The highest BCUT2D eigenvalue weighted by molar-refractivity contribution is 5.85. The first kappa shape index (κ1) is 38.3. The third kappa shape index (κ3) is 28.0. The molecule has 0 aromatic carbocycles. The van der Waals surface area contributed by atoms with Crippen LogP contribution in [0.1, 0.15) is 55.9 Å². The first-order valence-electron chi connectivity index (χ1n) is 10.5. The summed E-state index contributed by atoms with van der Waals surface area (Å²) < 4.78 is 4.91. The van der Waals surface area contributed by atoms with Crippen molar-refractivity contribution in [2.45, 2.75) is 72.6 Å². The molecule has 0 bridgehead atoms. The molecule has 0 saturated heterocycles. The van der Waals surface area contributed by atoms with Gasteiger partial charge in [0.15, 0.2) is 0 Å². The zero-order valence-corrected chi connectivity index (χ0v) is 22.0. The molecule has 0 aliphatic carbocycles. The van der Waals surface area contributed by atoms with Gasteiger partial charge >= 0.3 is 12.1 Å². The number of carbonyl (C=O) groups excluding carboxylic acids is 2. The minimum atomic E-state index is -1.32. The summed E-state index contributed by atoms with van der Waals surface area (Å²) in [7, 11) is 7.93. The summed E-state index contributed by atoms with van der Waals surface area (Å²) in [6, 6.07) is 0. The number of rotatable bonds is 8. The monoisotopic (exact) mass is 480 g/mol. The Morgan fingerprint density at radius 3 is 1.58 bits per heavy atom. The molecular weight excluding hydrogens is 428 g/mol. The van der Waals surface area contributed by atoms with Gasteiger partial charge in [-0.3, -0.25) is 4.79 Å². The lowest BCUT2D eigenvalue weighted by Crippen LogP contribution is -2.51. The molecule has 0 spiro atoms. The highest BCUT2D eigenvalue weighted by Crippen LogP contribution is 2.09. The van der Waals surface area contributed by atoms with Crippen molar-refractivity contribution in [3.8, 4) is 0 Å². The molecule has 11 nitrogen and oxygen atoms in total. The normalized spacial score (nSPS) is 11.2. The Morgan fingerprint density at radius 2 is 1.33 bits per heavy atom. The Labute approximate surface area is 201 Å². The highest BCUT2D eigenvalue weighted by Gasteiger charge is 2.31. The van der Waals surface area contributed by atoms with Crippen molar-refractivity contribution in [2.24, 2.45) is 11.5 Å². The van der Waals surface area contributed by atoms with Crippen LogP contribution in [-0.4, -0.2) is 104 Å². The number of alkyl carbamates (subject to hydrolysis) is 1. The summed E-state index contributed by atoms with van der Waals surface area (Å²) >= 11 is 0. The standard InChI is InChI=1S/C9H17NO4.C8H19N3O.C4H12N2.CH4/c1-8(2,3)14-7(13)10-9(4,5)6(11)12;1-8(2,9)7(12)10-5-6-11(3)4;1-6(2)4-3-5;/h1-5H3,(H,10,13)(H,11,12);5-6,9H2,1-4H3,(H,10,12);3-5H2,1-2H3;1H4. The number of nitrogens with one attached hydrogen (secondary N) is 2. The predicted molar refractivity (Wildman–Crippen MR) is 135 cm³/mol. The molecule has 2 amide bonds. The van der Waals surface area contributed by atoms with Crippen molar-refractivity contribution in [2.75, 3.05) is 54.4 Å². The highest BCUT2D eigenvalue weighted by atomic mass is 16.6. The molecule has 0 heterocycles. The smallest absolute Gasteiger partial charge is 0.408 e. The van der Waals surface area contributed by atoms with Gasteiger partial charge in [0.25, 0.3) is 0 Å². The molecule has 0 aliphatic heterocycles. The van der Waals surface area contributed by atoms with Crippen LogP contribution in [0.4, 0.5) is 4.79 Å². The number of nitrogens with zero attached hydrogens (tertiary/aromatic N) is 2. The number of nitrogens with two attached hydrogens (primary N) is 2. The van der Waals surface area contributed by atoms with Crippen LogP contribution in [0.3, 0.4) is 0 Å². The lowest BCUT2D eigenvalue weighted by molar-refractivity contribution is -0.143. The van der Waals surface area contributed by atoms with Crippen LogP contribution in [-0.2, 0) is 14.3 Å². The third-order valence-corrected chi connectivity index (χ3v) is 3.35. The number of carboxylic acids is 1. The number of carbonyl (C=O) groups is 3. The molecule has 0 fully saturated rings. The number of aliphatic carboxylic acids is 1. The SMILES string of the molecule is C.CC(C)(C)OC(=O)NC(C)(C)C(=O)O.CN(C)CCN.CN(C)CCNC(=O)C(C)(C)N. The van der Waals surface area contributed by atoms with Crippen LogP contribution in [0.2, 0.25) is 0 Å². The minimum absolute atomic E-state index is 0. The van der Waals surface area contributed by atoms with E-state index in [0.29, 0.717) is 6.54 Å². The molecule has 0 unspecified atom stereocenters. The van der Waals surface area contributed by atoms with E-state index >= 15 is 0 Å². The van der Waals surface area contributed by atoms with Gasteiger partial charge in [0.2, 0.25) is 5.91 Å². The maximum atomic E-state index is 11.2. The number of amides is 2. The van der Waals surface area contributed by atoms with Crippen molar-refractivity contribution in [1.29, 1.82) is 0 Å². The van der Waals surface area contributed by atoms with E-state index in [4.69, 9.17) is 21.3 Å². The summed E-state index contributed by atoms with van der Waals surface area (Å²) in [6.45, 7) is 14.5. The van der Waals surface area contributed by atoms with Gasteiger partial charge in [0, 0.05) is 26.2 Å². The van der Waals surface area contributed by atoms with E-state index in [1.54, 1.807) is 34.6 Å². The molecule has 200 valence electrons. The Bertz CT molecular complexity index is 552. The largest absolute Gasteiger partial charge is 0.480 e. The van der Waals surface area contributed by atoms with E-state index in [0.717, 1.165) is 19.6 Å². The summed E-state index contributed by atoms with van der Waals surface area (Å²) in [4.78, 5) is 37.1. The molecule has 0 aromatic rings. The molecule has 0 aliphatic rings. The quantitative estimate of drug-likeness (QED) is 0.340. The van der Waals surface area contributed by atoms with E-state index in [-0.39, 0.29) is 13.3 Å². The predicted octanol–water partition coefficient (Wildman–Crippen LogP) is 0.919. The zero-order chi connectivity index (χ0) is 26.3. The lowest BCUT2D eigenvalue weighted by atomic mass is 10.1. The van der Waals surface area contributed by atoms with E-state index in [1.807, 2.05) is 33.1 Å². The third-order valence-electron chi connectivity index (χ3n) is 3.35. The van der Waals surface area contributed by atoms with E-state index in [2.05, 4.69) is 15.5 Å². The van der Waals surface area contributed by atoms with Crippen molar-refractivity contribution < 1.29 is 24.2 Å². The van der Waals surface area contributed by atoms with Crippen molar-refractivity contribution >= 4 is 18.0 Å². The first-order valence-corrected chi connectivity index (χ1v) is 10.5. The molecule has 0 saturated carbocycles. The molecule has 11 heteroatoms. The Hall–Kier alpha value is -1.95. The number of ether oxygens (including phenoxy) is 1. The van der Waals surface area contributed by atoms with Gasteiger partial charge in [-0.2, -0.15) is 0 Å². The number of hydrogen-bond acceptors (Lipinski definition) is 8. The zero-order valence-electron chi connectivity index (χ0n) is 22.0. The fraction of sp³-hybridized carbons (Fsp3) is 0.864. The Kier molecular flexibility index (Phi) is 20.3. The Morgan fingerprint density at radius 1 is 0.909 bits per heavy atom. The van der Waals surface area contributed by atoms with Crippen LogP contribution < -0.4 is 22.1 Å². The molecule has 33 heavy (non-hydrogen) atoms. The summed E-state index contributed by atoms with van der Waals surface area (Å²) in [5.74, 6) is -1.22. The fourth-order valence-electron chi connectivity index (χ4n) is 1.49. The summed E-state index contributed by atoms with van der Waals surface area (Å²) in [6.07, 6.45) is -0.732. The molecular formula is C22H52N6O5. The van der Waals surface area contributed by atoms with Crippen molar-refractivity contribution in [1.82, 2.24) is 20.4 Å². The number of carboxylic acid groups (broad SMARTS) is 1. The van der Waals surface area contributed by atoms with Gasteiger partial charge in [-0.1, -0.05) is 7.43 Å². The summed E-state index contributed by atoms with van der Waals surface area (Å²) in [5.41, 5.74) is 8.04. The van der Waals surface area contributed by atoms with Crippen LogP contribution in [0, 0.1) is 0 Å². The van der Waals surface area contributed by atoms with Gasteiger partial charge in [-0.05, 0) is 76.7 Å². The van der Waals surface area contributed by atoms with Crippen molar-refractivity contribution in [3.05, 3.63) is 0 Å². The average molecular weight is 481 g/mol. The second-order valence-electron chi connectivity index (χ2n) is 9.93.